The Morgan fingerprint density at radius 3 is 2.59 bits per heavy atom. The van der Waals surface area contributed by atoms with E-state index in [-0.39, 0.29) is 5.91 Å². The van der Waals surface area contributed by atoms with Crippen molar-refractivity contribution in [3.63, 3.8) is 0 Å². The van der Waals surface area contributed by atoms with E-state index in [1.807, 2.05) is 50.2 Å². The predicted molar refractivity (Wildman–Crippen MR) is 123 cm³/mol. The molecule has 0 atom stereocenters. The van der Waals surface area contributed by atoms with Gasteiger partial charge >= 0.3 is 0 Å². The summed E-state index contributed by atoms with van der Waals surface area (Å²) in [6.45, 7) is 7.75. The van der Waals surface area contributed by atoms with Crippen LogP contribution < -0.4 is 15.0 Å². The zero-order chi connectivity index (χ0) is 22.3. The van der Waals surface area contributed by atoms with Crippen LogP contribution in [0.4, 0.5) is 5.82 Å². The molecule has 1 amide bonds. The number of carbonyl (C=O) groups is 1. The molecule has 166 valence electrons. The van der Waals surface area contributed by atoms with Gasteiger partial charge in [-0.05, 0) is 49.2 Å². The lowest BCUT2D eigenvalue weighted by atomic mass is 10.0. The number of aryl methyl sites for hydroxylation is 2. The van der Waals surface area contributed by atoms with Crippen molar-refractivity contribution < 1.29 is 14.3 Å². The number of aromatic nitrogens is 2. The molecule has 1 saturated heterocycles. The lowest BCUT2D eigenvalue weighted by molar-refractivity contribution is 0.0950. The first kappa shape index (κ1) is 21.8. The minimum atomic E-state index is -0.119. The highest BCUT2D eigenvalue weighted by Crippen LogP contribution is 2.26. The molecule has 32 heavy (non-hydrogen) atoms. The van der Waals surface area contributed by atoms with Crippen molar-refractivity contribution >= 4 is 11.7 Å². The summed E-state index contributed by atoms with van der Waals surface area (Å²) in [4.78, 5) is 23.7. The summed E-state index contributed by atoms with van der Waals surface area (Å²) >= 11 is 0. The number of benzene rings is 1. The van der Waals surface area contributed by atoms with Crippen LogP contribution in [-0.4, -0.2) is 42.2 Å². The SMILES string of the molecule is Cc1cc(C(=O)NCc2cccnc2N2CCOCC2)cc(C)c1OCc1cccnc1. The number of pyridine rings is 2. The average molecular weight is 433 g/mol. The standard InChI is InChI=1S/C25H28N4O3/c1-18-13-22(14-19(2)23(18)32-17-20-5-3-7-26-15-20)25(30)28-16-21-6-4-8-27-24(21)29-9-11-31-12-10-29/h3-8,13-15H,9-12,16-17H2,1-2H3,(H,28,30). The number of carbonyl (C=O) groups excluding carboxylic acids is 1. The van der Waals surface area contributed by atoms with Crippen molar-refractivity contribution in [1.82, 2.24) is 15.3 Å². The Bertz CT molecular complexity index is 1040. The number of amides is 1. The molecule has 4 rings (SSSR count). The molecule has 1 fully saturated rings. The van der Waals surface area contributed by atoms with Crippen LogP contribution in [-0.2, 0) is 17.9 Å². The first-order valence-corrected chi connectivity index (χ1v) is 10.8. The van der Waals surface area contributed by atoms with Gasteiger partial charge in [-0.15, -0.1) is 0 Å². The van der Waals surface area contributed by atoms with Gasteiger partial charge in [0.05, 0.1) is 13.2 Å². The smallest absolute Gasteiger partial charge is 0.251 e. The molecule has 1 aliphatic rings. The number of hydrogen-bond donors (Lipinski definition) is 1. The van der Waals surface area contributed by atoms with Crippen LogP contribution in [0.15, 0.2) is 55.0 Å². The van der Waals surface area contributed by atoms with Gasteiger partial charge in [0.1, 0.15) is 18.2 Å². The Balaban J connectivity index is 1.42. The zero-order valence-electron chi connectivity index (χ0n) is 18.5. The van der Waals surface area contributed by atoms with Crippen LogP contribution in [0.3, 0.4) is 0 Å². The summed E-state index contributed by atoms with van der Waals surface area (Å²) < 4.78 is 11.4. The van der Waals surface area contributed by atoms with Gasteiger partial charge < -0.3 is 19.7 Å². The topological polar surface area (TPSA) is 76.6 Å². The molecule has 3 heterocycles. The summed E-state index contributed by atoms with van der Waals surface area (Å²) in [5.74, 6) is 1.58. The van der Waals surface area contributed by atoms with Crippen molar-refractivity contribution in [3.05, 3.63) is 82.8 Å². The molecule has 1 aliphatic heterocycles. The van der Waals surface area contributed by atoms with E-state index in [0.717, 1.165) is 46.9 Å². The molecule has 2 aromatic heterocycles. The fourth-order valence-corrected chi connectivity index (χ4v) is 3.85. The fraction of sp³-hybridized carbons (Fsp3) is 0.320. The first-order chi connectivity index (χ1) is 15.6. The quantitative estimate of drug-likeness (QED) is 0.616. The maximum atomic E-state index is 12.9. The van der Waals surface area contributed by atoms with Gasteiger partial charge in [0.2, 0.25) is 0 Å². The van der Waals surface area contributed by atoms with Crippen LogP contribution in [0, 0.1) is 13.8 Å². The first-order valence-electron chi connectivity index (χ1n) is 10.8. The second-order valence-corrected chi connectivity index (χ2v) is 7.86. The highest BCUT2D eigenvalue weighted by atomic mass is 16.5. The summed E-state index contributed by atoms with van der Waals surface area (Å²) in [5.41, 5.74) is 4.46. The molecule has 1 aromatic carbocycles. The second kappa shape index (κ2) is 10.2. The zero-order valence-corrected chi connectivity index (χ0v) is 18.5. The van der Waals surface area contributed by atoms with E-state index in [1.165, 1.54) is 0 Å². The Morgan fingerprint density at radius 2 is 1.88 bits per heavy atom. The van der Waals surface area contributed by atoms with Crippen LogP contribution in [0.1, 0.15) is 32.6 Å². The number of nitrogens with one attached hydrogen (secondary N) is 1. The normalized spacial score (nSPS) is 13.6. The van der Waals surface area contributed by atoms with Gasteiger partial charge in [0.25, 0.3) is 5.91 Å². The number of morpholine rings is 1. The molecule has 7 nitrogen and oxygen atoms in total. The van der Waals surface area contributed by atoms with E-state index in [2.05, 4.69) is 20.2 Å². The van der Waals surface area contributed by atoms with Crippen LogP contribution in [0.25, 0.3) is 0 Å². The summed E-state index contributed by atoms with van der Waals surface area (Å²) in [7, 11) is 0. The number of anilines is 1. The van der Waals surface area contributed by atoms with Crippen LogP contribution in [0.2, 0.25) is 0 Å². The molecule has 7 heteroatoms. The van der Waals surface area contributed by atoms with E-state index in [1.54, 1.807) is 18.6 Å². The van der Waals surface area contributed by atoms with E-state index in [0.29, 0.717) is 31.9 Å². The Morgan fingerprint density at radius 1 is 1.12 bits per heavy atom. The van der Waals surface area contributed by atoms with Crippen molar-refractivity contribution in [1.29, 1.82) is 0 Å². The highest BCUT2D eigenvalue weighted by Gasteiger charge is 2.17. The third-order valence-electron chi connectivity index (χ3n) is 5.45. The Kier molecular flexibility index (Phi) is 6.97. The van der Waals surface area contributed by atoms with E-state index in [4.69, 9.17) is 9.47 Å². The predicted octanol–water partition coefficient (Wildman–Crippen LogP) is 3.44. The van der Waals surface area contributed by atoms with Gasteiger partial charge in [-0.1, -0.05) is 12.1 Å². The number of nitrogens with zero attached hydrogens (tertiary/aromatic N) is 3. The van der Waals surface area contributed by atoms with Crippen molar-refractivity contribution in [2.75, 3.05) is 31.2 Å². The monoisotopic (exact) mass is 432 g/mol. The van der Waals surface area contributed by atoms with Crippen LogP contribution in [0.5, 0.6) is 5.75 Å². The molecule has 0 spiro atoms. The van der Waals surface area contributed by atoms with Crippen LogP contribution >= 0.6 is 0 Å². The number of hydrogen-bond acceptors (Lipinski definition) is 6. The molecule has 3 aromatic rings. The van der Waals surface area contributed by atoms with Crippen molar-refractivity contribution in [2.24, 2.45) is 0 Å². The molecular weight excluding hydrogens is 404 g/mol. The minimum absolute atomic E-state index is 0.119. The van der Waals surface area contributed by atoms with E-state index in [9.17, 15) is 4.79 Å². The molecule has 0 radical (unpaired) electrons. The van der Waals surface area contributed by atoms with Crippen molar-refractivity contribution in [2.45, 2.75) is 27.0 Å². The van der Waals surface area contributed by atoms with Gasteiger partial charge in [0, 0.05) is 54.9 Å². The van der Waals surface area contributed by atoms with Crippen molar-refractivity contribution in [3.8, 4) is 5.75 Å². The maximum Gasteiger partial charge on any atom is 0.251 e. The van der Waals surface area contributed by atoms with E-state index >= 15 is 0 Å². The molecule has 0 bridgehead atoms. The molecule has 1 N–H and O–H groups in total. The maximum absolute atomic E-state index is 12.9. The number of ether oxygens (including phenoxy) is 2. The lowest BCUT2D eigenvalue weighted by Crippen LogP contribution is -2.37. The molecular formula is C25H28N4O3. The Labute approximate surface area is 188 Å². The summed E-state index contributed by atoms with van der Waals surface area (Å²) in [6.07, 6.45) is 5.31. The summed E-state index contributed by atoms with van der Waals surface area (Å²) in [6, 6.07) is 11.5. The summed E-state index contributed by atoms with van der Waals surface area (Å²) in [5, 5.41) is 3.04. The Hall–Kier alpha value is -3.45. The van der Waals surface area contributed by atoms with Gasteiger partial charge in [-0.25, -0.2) is 4.98 Å². The molecule has 0 unspecified atom stereocenters. The average Bonchev–Trinajstić information content (AvgIpc) is 2.83. The van der Waals surface area contributed by atoms with Gasteiger partial charge in [-0.2, -0.15) is 0 Å². The second-order valence-electron chi connectivity index (χ2n) is 7.86. The molecule has 0 saturated carbocycles. The highest BCUT2D eigenvalue weighted by molar-refractivity contribution is 5.95. The lowest BCUT2D eigenvalue weighted by Gasteiger charge is -2.29. The third kappa shape index (κ3) is 5.23. The fourth-order valence-electron chi connectivity index (χ4n) is 3.85. The third-order valence-corrected chi connectivity index (χ3v) is 5.45. The van der Waals surface area contributed by atoms with Gasteiger partial charge in [0.15, 0.2) is 0 Å². The molecule has 0 aliphatic carbocycles. The number of rotatable bonds is 7. The van der Waals surface area contributed by atoms with Gasteiger partial charge in [-0.3, -0.25) is 9.78 Å². The minimum Gasteiger partial charge on any atom is -0.488 e. The largest absolute Gasteiger partial charge is 0.488 e. The van der Waals surface area contributed by atoms with E-state index < -0.39 is 0 Å².